The summed E-state index contributed by atoms with van der Waals surface area (Å²) < 4.78 is 43.5. The van der Waals surface area contributed by atoms with Crippen molar-refractivity contribution >= 4 is 22.6 Å². The van der Waals surface area contributed by atoms with E-state index >= 15 is 0 Å². The molecule has 0 aromatic heterocycles. The van der Waals surface area contributed by atoms with Gasteiger partial charge in [-0.2, -0.15) is 13.2 Å². The fourth-order valence-corrected chi connectivity index (χ4v) is 1.69. The maximum Gasteiger partial charge on any atom is 0.416 e. The normalized spacial score (nSPS) is 11.6. The maximum absolute atomic E-state index is 12.5. The van der Waals surface area contributed by atoms with Gasteiger partial charge in [0.1, 0.15) is 0 Å². The van der Waals surface area contributed by atoms with Crippen LogP contribution in [0.4, 0.5) is 13.2 Å². The van der Waals surface area contributed by atoms with Gasteiger partial charge in [0, 0.05) is 3.57 Å². The van der Waals surface area contributed by atoms with Crippen LogP contribution < -0.4 is 0 Å². The summed E-state index contributed by atoms with van der Waals surface area (Å²) >= 11 is 1.99. The zero-order valence-electron chi connectivity index (χ0n) is 9.27. The monoisotopic (exact) mass is 356 g/mol. The van der Waals surface area contributed by atoms with E-state index in [1.54, 1.807) is 6.92 Å². The van der Waals surface area contributed by atoms with Crippen molar-refractivity contribution in [3.8, 4) is 0 Å². The molecule has 0 unspecified atom stereocenters. The molecule has 0 saturated carbocycles. The Bertz CT molecular complexity index is 413. The smallest absolute Gasteiger partial charge is 0.372 e. The van der Waals surface area contributed by atoms with Crippen LogP contribution in [0.25, 0.3) is 0 Å². The van der Waals surface area contributed by atoms with E-state index in [4.69, 9.17) is 4.74 Å². The number of benzene rings is 1. The first-order valence-electron chi connectivity index (χ1n) is 4.88. The maximum atomic E-state index is 12.5. The molecular weight excluding hydrogens is 344 g/mol. The van der Waals surface area contributed by atoms with Crippen molar-refractivity contribution in [1.82, 2.24) is 0 Å². The molecule has 0 amide bonds. The third-order valence-electron chi connectivity index (χ3n) is 1.98. The van der Waals surface area contributed by atoms with E-state index in [1.807, 2.05) is 22.6 Å². The summed E-state index contributed by atoms with van der Waals surface area (Å²) in [7, 11) is 0. The van der Waals surface area contributed by atoms with Crippen molar-refractivity contribution in [3.05, 3.63) is 45.0 Å². The first-order chi connectivity index (χ1) is 7.80. The standard InChI is InChI=1S/C12H12F3IO/c1-8(2)6-17-7-9-5-10(12(13,14)15)3-4-11(9)16/h3-5H,1,6-7H2,2H3. The summed E-state index contributed by atoms with van der Waals surface area (Å²) in [5.41, 5.74) is 0.737. The molecule has 1 nitrogen and oxygen atoms in total. The summed E-state index contributed by atoms with van der Waals surface area (Å²) in [5, 5.41) is 0. The van der Waals surface area contributed by atoms with Gasteiger partial charge in [-0.1, -0.05) is 12.2 Å². The molecule has 0 heterocycles. The van der Waals surface area contributed by atoms with E-state index in [0.29, 0.717) is 12.2 Å². The van der Waals surface area contributed by atoms with Gasteiger partial charge in [-0.15, -0.1) is 0 Å². The van der Waals surface area contributed by atoms with Crippen LogP contribution in [0.1, 0.15) is 18.1 Å². The summed E-state index contributed by atoms with van der Waals surface area (Å²) in [5.74, 6) is 0. The number of alkyl halides is 3. The van der Waals surface area contributed by atoms with E-state index in [9.17, 15) is 13.2 Å². The van der Waals surface area contributed by atoms with Crippen molar-refractivity contribution in [1.29, 1.82) is 0 Å². The minimum Gasteiger partial charge on any atom is -0.372 e. The molecule has 0 atom stereocenters. The highest BCUT2D eigenvalue weighted by Crippen LogP contribution is 2.31. The molecule has 1 aromatic carbocycles. The Morgan fingerprint density at radius 1 is 1.41 bits per heavy atom. The molecule has 1 aromatic rings. The molecule has 1 rings (SSSR count). The second kappa shape index (κ2) is 5.86. The molecule has 0 radical (unpaired) electrons. The van der Waals surface area contributed by atoms with Crippen LogP contribution in [0.15, 0.2) is 30.4 Å². The Hall–Kier alpha value is -0.560. The van der Waals surface area contributed by atoms with Gasteiger partial charge >= 0.3 is 6.18 Å². The molecule has 5 heteroatoms. The Morgan fingerprint density at radius 2 is 2.06 bits per heavy atom. The number of rotatable bonds is 4. The molecule has 0 aliphatic carbocycles. The van der Waals surface area contributed by atoms with Crippen LogP contribution in [-0.2, 0) is 17.5 Å². The number of ether oxygens (including phenoxy) is 1. The molecule has 94 valence electrons. The van der Waals surface area contributed by atoms with Crippen LogP contribution in [0, 0.1) is 3.57 Å². The minimum atomic E-state index is -4.31. The highest BCUT2D eigenvalue weighted by atomic mass is 127. The van der Waals surface area contributed by atoms with Crippen molar-refractivity contribution in [2.45, 2.75) is 19.7 Å². The van der Waals surface area contributed by atoms with Crippen molar-refractivity contribution in [2.24, 2.45) is 0 Å². The first-order valence-corrected chi connectivity index (χ1v) is 5.96. The molecule has 0 fully saturated rings. The average molecular weight is 356 g/mol. The van der Waals surface area contributed by atoms with E-state index in [2.05, 4.69) is 6.58 Å². The fourth-order valence-electron chi connectivity index (χ4n) is 1.20. The Morgan fingerprint density at radius 3 is 2.59 bits per heavy atom. The molecule has 0 N–H and O–H groups in total. The molecule has 17 heavy (non-hydrogen) atoms. The second-order valence-corrected chi connectivity index (χ2v) is 4.92. The van der Waals surface area contributed by atoms with Crippen molar-refractivity contribution < 1.29 is 17.9 Å². The number of halogens is 4. The largest absolute Gasteiger partial charge is 0.416 e. The highest BCUT2D eigenvalue weighted by Gasteiger charge is 2.30. The van der Waals surface area contributed by atoms with E-state index in [-0.39, 0.29) is 6.61 Å². The van der Waals surface area contributed by atoms with Gasteiger partial charge in [0.05, 0.1) is 18.8 Å². The highest BCUT2D eigenvalue weighted by molar-refractivity contribution is 14.1. The lowest BCUT2D eigenvalue weighted by atomic mass is 10.1. The summed E-state index contributed by atoms with van der Waals surface area (Å²) in [6.45, 7) is 5.98. The lowest BCUT2D eigenvalue weighted by molar-refractivity contribution is -0.137. The fraction of sp³-hybridized carbons (Fsp3) is 0.333. The van der Waals surface area contributed by atoms with Crippen molar-refractivity contribution in [2.75, 3.05) is 6.61 Å². The van der Waals surface area contributed by atoms with E-state index in [0.717, 1.165) is 21.3 Å². The molecule has 0 aliphatic rings. The zero-order chi connectivity index (χ0) is 13.1. The van der Waals surface area contributed by atoms with Crippen LogP contribution in [0.2, 0.25) is 0 Å². The molecule has 0 bridgehead atoms. The van der Waals surface area contributed by atoms with Gasteiger partial charge in [0.25, 0.3) is 0 Å². The quantitative estimate of drug-likeness (QED) is 0.574. The third-order valence-corrected chi connectivity index (χ3v) is 3.03. The van der Waals surface area contributed by atoms with Gasteiger partial charge in [-0.3, -0.25) is 0 Å². The Kier molecular flexibility index (Phi) is 5.00. The van der Waals surface area contributed by atoms with Gasteiger partial charge in [-0.05, 0) is 53.3 Å². The molecule has 0 saturated heterocycles. The van der Waals surface area contributed by atoms with Crippen molar-refractivity contribution in [3.63, 3.8) is 0 Å². The summed E-state index contributed by atoms with van der Waals surface area (Å²) in [6, 6.07) is 3.65. The predicted molar refractivity (Wildman–Crippen MR) is 68.6 cm³/mol. The lowest BCUT2D eigenvalue weighted by Crippen LogP contribution is -2.07. The minimum absolute atomic E-state index is 0.162. The Balaban J connectivity index is 2.80. The molecular formula is C12H12F3IO. The second-order valence-electron chi connectivity index (χ2n) is 3.75. The SMILES string of the molecule is C=C(C)COCc1cc(C(F)(F)F)ccc1I. The lowest BCUT2D eigenvalue weighted by Gasteiger charge is -2.11. The summed E-state index contributed by atoms with van der Waals surface area (Å²) in [4.78, 5) is 0. The molecule has 0 spiro atoms. The number of hydrogen-bond acceptors (Lipinski definition) is 1. The van der Waals surface area contributed by atoms with E-state index < -0.39 is 11.7 Å². The van der Waals surface area contributed by atoms with Gasteiger partial charge in [-0.25, -0.2) is 0 Å². The topological polar surface area (TPSA) is 9.23 Å². The Labute approximate surface area is 112 Å². The first kappa shape index (κ1) is 14.5. The van der Waals surface area contributed by atoms with Crippen LogP contribution in [0.3, 0.4) is 0 Å². The van der Waals surface area contributed by atoms with Crippen LogP contribution in [0.5, 0.6) is 0 Å². The zero-order valence-corrected chi connectivity index (χ0v) is 11.4. The van der Waals surface area contributed by atoms with Gasteiger partial charge in [0.2, 0.25) is 0 Å². The van der Waals surface area contributed by atoms with E-state index in [1.165, 1.54) is 6.07 Å². The van der Waals surface area contributed by atoms with Gasteiger partial charge < -0.3 is 4.74 Å². The molecule has 0 aliphatic heterocycles. The van der Waals surface area contributed by atoms with Crippen LogP contribution >= 0.6 is 22.6 Å². The van der Waals surface area contributed by atoms with Crippen LogP contribution in [-0.4, -0.2) is 6.61 Å². The van der Waals surface area contributed by atoms with Gasteiger partial charge in [0.15, 0.2) is 0 Å². The number of hydrogen-bond donors (Lipinski definition) is 0. The summed E-state index contributed by atoms with van der Waals surface area (Å²) in [6.07, 6.45) is -4.31. The predicted octanol–water partition coefficient (Wildman–Crippen LogP) is 4.40. The third kappa shape index (κ3) is 4.67. The average Bonchev–Trinajstić information content (AvgIpc) is 2.18.